The summed E-state index contributed by atoms with van der Waals surface area (Å²) in [6.07, 6.45) is 0. The van der Waals surface area contributed by atoms with Crippen LogP contribution < -0.4 is 5.73 Å². The van der Waals surface area contributed by atoms with Crippen molar-refractivity contribution >= 4 is 40.8 Å². The molecule has 0 spiro atoms. The average Bonchev–Trinajstić information content (AvgIpc) is 2.56. The number of rotatable bonds is 5. The molecule has 0 heterocycles. The van der Waals surface area contributed by atoms with E-state index in [0.29, 0.717) is 27.8 Å². The fourth-order valence-corrected chi connectivity index (χ4v) is 2.26. The van der Waals surface area contributed by atoms with Crippen LogP contribution in [0.25, 0.3) is 0 Å². The number of esters is 1. The number of likely N-dealkylation sites (N-methyl/N-ethyl adjacent to an activating group) is 1. The van der Waals surface area contributed by atoms with Gasteiger partial charge in [0, 0.05) is 19.3 Å². The molecule has 0 radical (unpaired) electrons. The fraction of sp³-hybridized carbons (Fsp3) is 0.176. The van der Waals surface area contributed by atoms with Crippen LogP contribution in [0, 0.1) is 0 Å². The summed E-state index contributed by atoms with van der Waals surface area (Å²) in [5.41, 5.74) is 7.26. The molecule has 0 bridgehead atoms. The van der Waals surface area contributed by atoms with Gasteiger partial charge in [-0.25, -0.2) is 4.79 Å². The lowest BCUT2D eigenvalue weighted by molar-refractivity contribution is -0.133. The second-order valence-electron chi connectivity index (χ2n) is 5.20. The number of carbonyl (C=O) groups excluding carboxylic acids is 2. The van der Waals surface area contributed by atoms with Crippen molar-refractivity contribution in [1.82, 2.24) is 4.90 Å². The normalized spacial score (nSPS) is 10.3. The minimum atomic E-state index is -0.578. The second-order valence-corrected chi connectivity index (χ2v) is 6.01. The van der Waals surface area contributed by atoms with Gasteiger partial charge in [0.1, 0.15) is 0 Å². The van der Waals surface area contributed by atoms with Crippen molar-refractivity contribution in [3.05, 3.63) is 63.6 Å². The van der Waals surface area contributed by atoms with Crippen molar-refractivity contribution in [2.75, 3.05) is 19.4 Å². The van der Waals surface area contributed by atoms with Gasteiger partial charge in [0.25, 0.3) is 5.91 Å². The van der Waals surface area contributed by atoms with Crippen LogP contribution in [0.1, 0.15) is 15.9 Å². The summed E-state index contributed by atoms with van der Waals surface area (Å²) in [6, 6.07) is 11.4. The number of ether oxygens (including phenoxy) is 1. The van der Waals surface area contributed by atoms with E-state index in [1.165, 1.54) is 4.90 Å². The second kappa shape index (κ2) is 8.04. The number of amides is 1. The van der Waals surface area contributed by atoms with Crippen LogP contribution in [0.3, 0.4) is 0 Å². The van der Waals surface area contributed by atoms with E-state index >= 15 is 0 Å². The summed E-state index contributed by atoms with van der Waals surface area (Å²) in [7, 11) is 1.61. The Labute approximate surface area is 149 Å². The molecular weight excluding hydrogens is 351 g/mol. The molecule has 126 valence electrons. The molecule has 0 atom stereocenters. The van der Waals surface area contributed by atoms with E-state index in [0.717, 1.165) is 5.56 Å². The zero-order valence-corrected chi connectivity index (χ0v) is 14.5. The first kappa shape index (κ1) is 18.1. The van der Waals surface area contributed by atoms with Gasteiger partial charge in [0.05, 0.1) is 15.6 Å². The Balaban J connectivity index is 1.88. The van der Waals surface area contributed by atoms with Crippen molar-refractivity contribution in [3.63, 3.8) is 0 Å². The highest BCUT2D eigenvalue weighted by molar-refractivity contribution is 6.42. The number of halogens is 2. The zero-order chi connectivity index (χ0) is 17.7. The molecule has 2 N–H and O–H groups in total. The Bertz CT molecular complexity index is 748. The number of benzene rings is 2. The lowest BCUT2D eigenvalue weighted by Crippen LogP contribution is -2.30. The van der Waals surface area contributed by atoms with Crippen molar-refractivity contribution in [2.45, 2.75) is 6.54 Å². The van der Waals surface area contributed by atoms with E-state index in [9.17, 15) is 9.59 Å². The Kier molecular flexibility index (Phi) is 6.06. The molecule has 0 fully saturated rings. The number of nitrogens with zero attached hydrogens (tertiary/aromatic N) is 1. The third-order valence-corrected chi connectivity index (χ3v) is 4.04. The molecule has 2 rings (SSSR count). The van der Waals surface area contributed by atoms with Crippen LogP contribution in [-0.4, -0.2) is 30.4 Å². The minimum Gasteiger partial charge on any atom is -0.452 e. The monoisotopic (exact) mass is 366 g/mol. The molecule has 2 aromatic carbocycles. The van der Waals surface area contributed by atoms with E-state index in [-0.39, 0.29) is 12.5 Å². The molecule has 1 amide bonds. The SMILES string of the molecule is CN(Cc1ccc(Cl)c(Cl)c1)C(=O)COC(=O)c1ccc(N)cc1. The molecule has 0 aliphatic carbocycles. The van der Waals surface area contributed by atoms with E-state index in [4.69, 9.17) is 33.7 Å². The Morgan fingerprint density at radius 3 is 2.38 bits per heavy atom. The van der Waals surface area contributed by atoms with Crippen molar-refractivity contribution < 1.29 is 14.3 Å². The van der Waals surface area contributed by atoms with Crippen LogP contribution in [0.2, 0.25) is 10.0 Å². The van der Waals surface area contributed by atoms with Crippen LogP contribution in [0.5, 0.6) is 0 Å². The summed E-state index contributed by atoms with van der Waals surface area (Å²) in [5.74, 6) is -0.906. The maximum atomic E-state index is 12.1. The van der Waals surface area contributed by atoms with Gasteiger partial charge in [-0.05, 0) is 42.0 Å². The maximum absolute atomic E-state index is 12.1. The van der Waals surface area contributed by atoms with Gasteiger partial charge < -0.3 is 15.4 Å². The quantitative estimate of drug-likeness (QED) is 0.650. The minimum absolute atomic E-state index is 0.329. The lowest BCUT2D eigenvalue weighted by atomic mass is 10.2. The number of nitrogens with two attached hydrogens (primary N) is 1. The van der Waals surface area contributed by atoms with Crippen LogP contribution >= 0.6 is 23.2 Å². The Morgan fingerprint density at radius 1 is 1.08 bits per heavy atom. The Hall–Kier alpha value is -2.24. The van der Waals surface area contributed by atoms with Gasteiger partial charge in [0.15, 0.2) is 6.61 Å². The topological polar surface area (TPSA) is 72.6 Å². The highest BCUT2D eigenvalue weighted by atomic mass is 35.5. The summed E-state index contributed by atoms with van der Waals surface area (Å²) in [5, 5.41) is 0.872. The van der Waals surface area contributed by atoms with Crippen LogP contribution in [-0.2, 0) is 16.1 Å². The van der Waals surface area contributed by atoms with E-state index in [1.807, 2.05) is 0 Å². The van der Waals surface area contributed by atoms with Crippen LogP contribution in [0.15, 0.2) is 42.5 Å². The molecule has 7 heteroatoms. The Morgan fingerprint density at radius 2 is 1.75 bits per heavy atom. The third-order valence-electron chi connectivity index (χ3n) is 3.30. The van der Waals surface area contributed by atoms with Crippen molar-refractivity contribution in [2.24, 2.45) is 0 Å². The van der Waals surface area contributed by atoms with Crippen molar-refractivity contribution in [1.29, 1.82) is 0 Å². The standard InChI is InChI=1S/C17H16Cl2N2O3/c1-21(9-11-2-7-14(18)15(19)8-11)16(22)10-24-17(23)12-3-5-13(20)6-4-12/h2-8H,9-10,20H2,1H3. The predicted octanol–water partition coefficient (Wildman–Crippen LogP) is 3.39. The molecule has 24 heavy (non-hydrogen) atoms. The van der Waals surface area contributed by atoms with Gasteiger partial charge in [-0.3, -0.25) is 4.79 Å². The molecular formula is C17H16Cl2N2O3. The first-order valence-electron chi connectivity index (χ1n) is 7.07. The predicted molar refractivity (Wildman–Crippen MR) is 94.1 cm³/mol. The number of carbonyl (C=O) groups is 2. The first-order valence-corrected chi connectivity index (χ1v) is 7.83. The molecule has 2 aromatic rings. The fourth-order valence-electron chi connectivity index (χ4n) is 1.94. The van der Waals surface area contributed by atoms with Crippen LogP contribution in [0.4, 0.5) is 5.69 Å². The lowest BCUT2D eigenvalue weighted by Gasteiger charge is -2.17. The molecule has 5 nitrogen and oxygen atoms in total. The average molecular weight is 367 g/mol. The summed E-state index contributed by atoms with van der Waals surface area (Å²) in [4.78, 5) is 25.4. The molecule has 0 aromatic heterocycles. The number of anilines is 1. The molecule has 0 aliphatic heterocycles. The zero-order valence-electron chi connectivity index (χ0n) is 13.0. The number of nitrogen functional groups attached to an aromatic ring is 1. The first-order chi connectivity index (χ1) is 11.4. The van der Waals surface area contributed by atoms with Gasteiger partial charge >= 0.3 is 5.97 Å². The highest BCUT2D eigenvalue weighted by Crippen LogP contribution is 2.23. The molecule has 0 saturated heterocycles. The smallest absolute Gasteiger partial charge is 0.338 e. The highest BCUT2D eigenvalue weighted by Gasteiger charge is 2.14. The summed E-state index contributed by atoms with van der Waals surface area (Å²) in [6.45, 7) is -0.0177. The molecule has 0 saturated carbocycles. The van der Waals surface area contributed by atoms with Gasteiger partial charge in [-0.15, -0.1) is 0 Å². The third kappa shape index (κ3) is 4.88. The van der Waals surface area contributed by atoms with Gasteiger partial charge in [0.2, 0.25) is 0 Å². The maximum Gasteiger partial charge on any atom is 0.338 e. The van der Waals surface area contributed by atoms with Crippen molar-refractivity contribution in [3.8, 4) is 0 Å². The van der Waals surface area contributed by atoms with Gasteiger partial charge in [-0.2, -0.15) is 0 Å². The van der Waals surface area contributed by atoms with E-state index < -0.39 is 5.97 Å². The van der Waals surface area contributed by atoms with Gasteiger partial charge in [-0.1, -0.05) is 29.3 Å². The number of hydrogen-bond donors (Lipinski definition) is 1. The molecule has 0 unspecified atom stereocenters. The number of hydrogen-bond acceptors (Lipinski definition) is 4. The van der Waals surface area contributed by atoms with E-state index in [2.05, 4.69) is 0 Å². The molecule has 0 aliphatic rings. The summed E-state index contributed by atoms with van der Waals surface area (Å²) < 4.78 is 5.01. The summed E-state index contributed by atoms with van der Waals surface area (Å²) >= 11 is 11.8. The van der Waals surface area contributed by atoms with E-state index in [1.54, 1.807) is 49.5 Å². The largest absolute Gasteiger partial charge is 0.452 e.